The molecule has 2 amide bonds. The number of hydrogen-bond acceptors (Lipinski definition) is 8. The number of anilines is 1. The van der Waals surface area contributed by atoms with Crippen molar-refractivity contribution >= 4 is 57.4 Å². The number of esters is 1. The standard InChI is InChI=1S/C27H27N3O5S2/c1-3-34-21-8-5-7-20(15-21)28-24(31)16-23-25(32)30(17-22-9-6-14-36-22)27(37-23)29-19-12-10-18(11-13-19)26(33)35-4-2/h5-15,23H,3-4,16-17H2,1-2H3,(H,28,31). The van der Waals surface area contributed by atoms with Crippen molar-refractivity contribution in [2.75, 3.05) is 18.5 Å². The van der Waals surface area contributed by atoms with Gasteiger partial charge < -0.3 is 14.8 Å². The molecule has 1 aliphatic rings. The first-order valence-electron chi connectivity index (χ1n) is 11.9. The van der Waals surface area contributed by atoms with E-state index in [0.29, 0.717) is 47.6 Å². The average molecular weight is 538 g/mol. The summed E-state index contributed by atoms with van der Waals surface area (Å²) in [5.74, 6) is -0.171. The fraction of sp³-hybridized carbons (Fsp3) is 0.259. The molecule has 10 heteroatoms. The Balaban J connectivity index is 1.50. The molecule has 2 heterocycles. The van der Waals surface area contributed by atoms with Crippen molar-refractivity contribution < 1.29 is 23.9 Å². The molecule has 1 saturated heterocycles. The first-order valence-corrected chi connectivity index (χ1v) is 13.6. The van der Waals surface area contributed by atoms with E-state index >= 15 is 0 Å². The van der Waals surface area contributed by atoms with Crippen molar-refractivity contribution in [2.24, 2.45) is 4.99 Å². The zero-order valence-electron chi connectivity index (χ0n) is 20.5. The molecule has 3 aromatic rings. The van der Waals surface area contributed by atoms with Crippen LogP contribution in [-0.4, -0.2) is 46.3 Å². The van der Waals surface area contributed by atoms with Crippen molar-refractivity contribution in [3.8, 4) is 5.75 Å². The van der Waals surface area contributed by atoms with Gasteiger partial charge in [0.25, 0.3) is 0 Å². The van der Waals surface area contributed by atoms with Gasteiger partial charge in [0.15, 0.2) is 5.17 Å². The number of amidine groups is 1. The largest absolute Gasteiger partial charge is 0.494 e. The molecule has 1 N–H and O–H groups in total. The van der Waals surface area contributed by atoms with Crippen LogP contribution in [0.4, 0.5) is 11.4 Å². The molecule has 1 aromatic heterocycles. The quantitative estimate of drug-likeness (QED) is 0.344. The van der Waals surface area contributed by atoms with E-state index in [1.807, 2.05) is 30.5 Å². The maximum Gasteiger partial charge on any atom is 0.338 e. The second kappa shape index (κ2) is 12.6. The minimum atomic E-state index is -0.604. The Morgan fingerprint density at radius 2 is 1.86 bits per heavy atom. The summed E-state index contributed by atoms with van der Waals surface area (Å²) in [6.07, 6.45) is 0.00409. The molecular formula is C27H27N3O5S2. The van der Waals surface area contributed by atoms with Gasteiger partial charge in [0.05, 0.1) is 31.0 Å². The van der Waals surface area contributed by atoms with Crippen LogP contribution >= 0.6 is 23.1 Å². The van der Waals surface area contributed by atoms with E-state index in [0.717, 1.165) is 4.88 Å². The predicted octanol–water partition coefficient (Wildman–Crippen LogP) is 5.48. The van der Waals surface area contributed by atoms with Gasteiger partial charge in [0, 0.05) is 23.1 Å². The van der Waals surface area contributed by atoms with Crippen LogP contribution in [0.2, 0.25) is 0 Å². The Labute approximate surface area is 223 Å². The Hall–Kier alpha value is -3.63. The lowest BCUT2D eigenvalue weighted by Crippen LogP contribution is -2.32. The molecule has 1 unspecified atom stereocenters. The van der Waals surface area contributed by atoms with Gasteiger partial charge in [-0.25, -0.2) is 9.79 Å². The zero-order chi connectivity index (χ0) is 26.2. The maximum atomic E-state index is 13.3. The van der Waals surface area contributed by atoms with E-state index in [4.69, 9.17) is 9.47 Å². The lowest BCUT2D eigenvalue weighted by Gasteiger charge is -2.15. The van der Waals surface area contributed by atoms with E-state index < -0.39 is 11.2 Å². The third-order valence-corrected chi connectivity index (χ3v) is 7.35. The fourth-order valence-electron chi connectivity index (χ4n) is 3.64. The Bertz CT molecular complexity index is 1280. The Kier molecular flexibility index (Phi) is 8.97. The van der Waals surface area contributed by atoms with E-state index in [1.54, 1.807) is 65.6 Å². The summed E-state index contributed by atoms with van der Waals surface area (Å²) >= 11 is 2.82. The average Bonchev–Trinajstić information content (AvgIpc) is 3.49. The minimum Gasteiger partial charge on any atom is -0.494 e. The number of rotatable bonds is 10. The highest BCUT2D eigenvalue weighted by molar-refractivity contribution is 8.15. The van der Waals surface area contributed by atoms with Crippen molar-refractivity contribution in [3.05, 3.63) is 76.5 Å². The van der Waals surface area contributed by atoms with Crippen LogP contribution < -0.4 is 10.1 Å². The number of nitrogens with zero attached hydrogens (tertiary/aromatic N) is 2. The van der Waals surface area contributed by atoms with Crippen molar-refractivity contribution in [3.63, 3.8) is 0 Å². The highest BCUT2D eigenvalue weighted by Crippen LogP contribution is 2.34. The summed E-state index contributed by atoms with van der Waals surface area (Å²) in [5, 5.41) is 4.72. The predicted molar refractivity (Wildman–Crippen MR) is 147 cm³/mol. The monoisotopic (exact) mass is 537 g/mol. The molecule has 0 aliphatic carbocycles. The lowest BCUT2D eigenvalue weighted by atomic mass is 10.2. The van der Waals surface area contributed by atoms with Crippen molar-refractivity contribution in [1.82, 2.24) is 4.90 Å². The summed E-state index contributed by atoms with van der Waals surface area (Å²) in [6.45, 7) is 4.84. The van der Waals surface area contributed by atoms with E-state index in [-0.39, 0.29) is 18.2 Å². The number of thioether (sulfide) groups is 1. The minimum absolute atomic E-state index is 0.00409. The summed E-state index contributed by atoms with van der Waals surface area (Å²) in [4.78, 5) is 45.4. The van der Waals surface area contributed by atoms with Crippen molar-refractivity contribution in [2.45, 2.75) is 32.1 Å². The van der Waals surface area contributed by atoms with Crippen LogP contribution in [0, 0.1) is 0 Å². The van der Waals surface area contributed by atoms with Crippen LogP contribution in [0.3, 0.4) is 0 Å². The molecule has 192 valence electrons. The maximum absolute atomic E-state index is 13.3. The second-order valence-corrected chi connectivity index (χ2v) is 10.2. The Morgan fingerprint density at radius 1 is 1.05 bits per heavy atom. The number of nitrogens with one attached hydrogen (secondary N) is 1. The number of amides is 2. The summed E-state index contributed by atoms with van der Waals surface area (Å²) in [6, 6.07) is 17.7. The van der Waals surface area contributed by atoms with Gasteiger partial charge in [-0.05, 0) is 61.7 Å². The van der Waals surface area contributed by atoms with E-state index in [9.17, 15) is 14.4 Å². The van der Waals surface area contributed by atoms with Crippen LogP contribution in [0.25, 0.3) is 0 Å². The molecule has 0 saturated carbocycles. The first kappa shape index (κ1) is 26.4. The molecule has 0 radical (unpaired) electrons. The molecule has 0 spiro atoms. The third kappa shape index (κ3) is 6.99. The van der Waals surface area contributed by atoms with Crippen LogP contribution in [0.15, 0.2) is 71.0 Å². The molecule has 2 aromatic carbocycles. The van der Waals surface area contributed by atoms with E-state index in [1.165, 1.54) is 11.8 Å². The molecule has 37 heavy (non-hydrogen) atoms. The smallest absolute Gasteiger partial charge is 0.338 e. The molecule has 8 nitrogen and oxygen atoms in total. The van der Waals surface area contributed by atoms with Crippen LogP contribution in [0.5, 0.6) is 5.75 Å². The molecule has 0 bridgehead atoms. The van der Waals surface area contributed by atoms with Gasteiger partial charge in [0.1, 0.15) is 11.0 Å². The van der Waals surface area contributed by atoms with Crippen LogP contribution in [0.1, 0.15) is 35.5 Å². The SMILES string of the molecule is CCOC(=O)c1ccc(N=C2SC(CC(=O)Nc3cccc(OCC)c3)C(=O)N2Cc2cccs2)cc1. The number of benzene rings is 2. The van der Waals surface area contributed by atoms with Gasteiger partial charge in [-0.2, -0.15) is 0 Å². The number of carbonyl (C=O) groups excluding carboxylic acids is 3. The van der Waals surface area contributed by atoms with Gasteiger partial charge in [-0.3, -0.25) is 14.5 Å². The summed E-state index contributed by atoms with van der Waals surface area (Å²) < 4.78 is 10.5. The molecule has 1 aliphatic heterocycles. The highest BCUT2D eigenvalue weighted by Gasteiger charge is 2.39. The summed E-state index contributed by atoms with van der Waals surface area (Å²) in [5.41, 5.74) is 1.63. The Morgan fingerprint density at radius 3 is 2.57 bits per heavy atom. The topological polar surface area (TPSA) is 97.3 Å². The summed E-state index contributed by atoms with van der Waals surface area (Å²) in [7, 11) is 0. The first-order chi connectivity index (χ1) is 18.0. The zero-order valence-corrected chi connectivity index (χ0v) is 22.1. The van der Waals surface area contributed by atoms with Gasteiger partial charge in [-0.1, -0.05) is 23.9 Å². The normalized spacial score (nSPS) is 16.2. The van der Waals surface area contributed by atoms with Crippen LogP contribution in [-0.2, 0) is 20.9 Å². The molecule has 1 fully saturated rings. The number of carbonyl (C=O) groups is 3. The molecule has 4 rings (SSSR count). The number of aliphatic imine (C=N–C) groups is 1. The highest BCUT2D eigenvalue weighted by atomic mass is 32.2. The lowest BCUT2D eigenvalue weighted by molar-refractivity contribution is -0.128. The van der Waals surface area contributed by atoms with Crippen molar-refractivity contribution in [1.29, 1.82) is 0 Å². The number of ether oxygens (including phenoxy) is 2. The molecule has 1 atom stereocenters. The fourth-order valence-corrected chi connectivity index (χ4v) is 5.49. The third-order valence-electron chi connectivity index (χ3n) is 5.32. The van der Waals surface area contributed by atoms with E-state index in [2.05, 4.69) is 10.3 Å². The molecular weight excluding hydrogens is 510 g/mol. The number of thiophene rings is 1. The van der Waals surface area contributed by atoms with Gasteiger partial charge in [-0.15, -0.1) is 11.3 Å². The van der Waals surface area contributed by atoms with Gasteiger partial charge in [0.2, 0.25) is 11.8 Å². The second-order valence-electron chi connectivity index (χ2n) is 7.99. The van der Waals surface area contributed by atoms with Gasteiger partial charge >= 0.3 is 5.97 Å². The number of hydrogen-bond donors (Lipinski definition) is 1.